The number of nitrogens with one attached hydrogen (secondary N) is 1. The monoisotopic (exact) mass is 280 g/mol. The van der Waals surface area contributed by atoms with E-state index in [2.05, 4.69) is 19.2 Å². The summed E-state index contributed by atoms with van der Waals surface area (Å²) in [4.78, 5) is 14.6. The largest absolute Gasteiger partial charge is 0.378 e. The van der Waals surface area contributed by atoms with Gasteiger partial charge < -0.3 is 15.0 Å². The average molecular weight is 280 g/mol. The van der Waals surface area contributed by atoms with Crippen molar-refractivity contribution in [2.75, 3.05) is 13.2 Å². The lowest BCUT2D eigenvalue weighted by Crippen LogP contribution is -2.57. The molecular formula is C16H28N2O2. The molecule has 2 heterocycles. The molecule has 0 aromatic carbocycles. The molecule has 4 heteroatoms. The quantitative estimate of drug-likeness (QED) is 0.859. The number of carbonyl (C=O) groups is 1. The second-order valence-electron chi connectivity index (χ2n) is 6.89. The van der Waals surface area contributed by atoms with E-state index in [0.29, 0.717) is 30.0 Å². The molecule has 20 heavy (non-hydrogen) atoms. The summed E-state index contributed by atoms with van der Waals surface area (Å²) in [5.74, 6) is 0.943. The van der Waals surface area contributed by atoms with E-state index in [0.717, 1.165) is 32.4 Å². The Morgan fingerprint density at radius 1 is 1.20 bits per heavy atom. The number of amides is 1. The first kappa shape index (κ1) is 14.3. The maximum Gasteiger partial charge on any atom is 0.239 e. The van der Waals surface area contributed by atoms with Crippen LogP contribution in [0.1, 0.15) is 52.4 Å². The molecule has 1 N–H and O–H groups in total. The number of likely N-dealkylation sites (tertiary alicyclic amines) is 1. The molecule has 2 saturated heterocycles. The molecule has 0 unspecified atom stereocenters. The van der Waals surface area contributed by atoms with Gasteiger partial charge in [0.15, 0.2) is 0 Å². The van der Waals surface area contributed by atoms with Crippen LogP contribution in [0.25, 0.3) is 0 Å². The van der Waals surface area contributed by atoms with Crippen LogP contribution in [-0.2, 0) is 9.53 Å². The van der Waals surface area contributed by atoms with Crippen molar-refractivity contribution >= 4 is 5.91 Å². The normalized spacial score (nSPS) is 38.4. The topological polar surface area (TPSA) is 41.6 Å². The number of rotatable bonds is 3. The van der Waals surface area contributed by atoms with Crippen molar-refractivity contribution in [1.82, 2.24) is 10.2 Å². The smallest absolute Gasteiger partial charge is 0.239 e. The minimum Gasteiger partial charge on any atom is -0.378 e. The summed E-state index contributed by atoms with van der Waals surface area (Å²) in [6.45, 7) is 6.06. The van der Waals surface area contributed by atoms with Gasteiger partial charge in [0.25, 0.3) is 0 Å². The minimum absolute atomic E-state index is 0.0375. The molecule has 2 aliphatic heterocycles. The van der Waals surface area contributed by atoms with E-state index in [4.69, 9.17) is 4.74 Å². The van der Waals surface area contributed by atoms with Gasteiger partial charge in [0.1, 0.15) is 0 Å². The van der Waals surface area contributed by atoms with E-state index in [1.54, 1.807) is 0 Å². The first-order chi connectivity index (χ1) is 9.66. The van der Waals surface area contributed by atoms with Crippen LogP contribution in [-0.4, -0.2) is 48.2 Å². The molecule has 1 saturated carbocycles. The molecular weight excluding hydrogens is 252 g/mol. The lowest BCUT2D eigenvalue weighted by atomic mass is 9.81. The van der Waals surface area contributed by atoms with Gasteiger partial charge in [0.05, 0.1) is 12.1 Å². The van der Waals surface area contributed by atoms with Crippen LogP contribution in [0.4, 0.5) is 0 Å². The maximum atomic E-state index is 12.6. The van der Waals surface area contributed by atoms with E-state index >= 15 is 0 Å². The Bertz CT molecular complexity index is 358. The van der Waals surface area contributed by atoms with Crippen molar-refractivity contribution in [2.45, 2.75) is 76.6 Å². The molecule has 1 aliphatic carbocycles. The van der Waals surface area contributed by atoms with Crippen LogP contribution >= 0.6 is 0 Å². The second-order valence-corrected chi connectivity index (χ2v) is 6.89. The van der Waals surface area contributed by atoms with Crippen LogP contribution in [0.3, 0.4) is 0 Å². The molecule has 4 atom stereocenters. The number of piperidine rings is 1. The highest BCUT2D eigenvalue weighted by molar-refractivity contribution is 5.82. The molecule has 3 aliphatic rings. The number of carbonyl (C=O) groups excluding carboxylic acids is 1. The van der Waals surface area contributed by atoms with Crippen LogP contribution in [0, 0.1) is 5.92 Å². The van der Waals surface area contributed by atoms with Crippen molar-refractivity contribution in [1.29, 1.82) is 0 Å². The fourth-order valence-corrected chi connectivity index (χ4v) is 4.21. The molecule has 3 fully saturated rings. The third-order valence-corrected chi connectivity index (χ3v) is 5.29. The zero-order valence-corrected chi connectivity index (χ0v) is 12.8. The second kappa shape index (κ2) is 6.02. The molecule has 3 rings (SSSR count). The lowest BCUT2D eigenvalue weighted by molar-refractivity contribution is -0.138. The SMILES string of the molecule is CC(C)N1CCC[C@H](N[C@@H]2CCC[C@@H]3OCC[C@H]32)C1=O. The Morgan fingerprint density at radius 3 is 2.85 bits per heavy atom. The van der Waals surface area contributed by atoms with E-state index in [-0.39, 0.29) is 6.04 Å². The summed E-state index contributed by atoms with van der Waals surface area (Å²) in [5, 5.41) is 3.69. The number of ether oxygens (including phenoxy) is 1. The van der Waals surface area contributed by atoms with E-state index in [9.17, 15) is 4.79 Å². The zero-order valence-electron chi connectivity index (χ0n) is 12.8. The highest BCUT2D eigenvalue weighted by Crippen LogP contribution is 2.35. The fraction of sp³-hybridized carbons (Fsp3) is 0.938. The van der Waals surface area contributed by atoms with E-state index < -0.39 is 0 Å². The van der Waals surface area contributed by atoms with Gasteiger partial charge in [0.2, 0.25) is 5.91 Å². The van der Waals surface area contributed by atoms with Gasteiger partial charge in [-0.2, -0.15) is 0 Å². The predicted molar refractivity (Wildman–Crippen MR) is 78.5 cm³/mol. The number of hydrogen-bond acceptors (Lipinski definition) is 3. The maximum absolute atomic E-state index is 12.6. The molecule has 0 spiro atoms. The summed E-state index contributed by atoms with van der Waals surface area (Å²) in [7, 11) is 0. The van der Waals surface area contributed by atoms with Crippen molar-refractivity contribution in [3.05, 3.63) is 0 Å². The summed E-state index contributed by atoms with van der Waals surface area (Å²) in [6, 6.07) is 0.842. The number of hydrogen-bond donors (Lipinski definition) is 1. The van der Waals surface area contributed by atoms with Crippen LogP contribution in [0.5, 0.6) is 0 Å². The van der Waals surface area contributed by atoms with Gasteiger partial charge in [-0.15, -0.1) is 0 Å². The molecule has 4 nitrogen and oxygen atoms in total. The Labute approximate surface area is 122 Å². The van der Waals surface area contributed by atoms with Crippen LogP contribution < -0.4 is 5.32 Å². The molecule has 114 valence electrons. The summed E-state index contributed by atoms with van der Waals surface area (Å²) < 4.78 is 5.83. The Hall–Kier alpha value is -0.610. The summed E-state index contributed by atoms with van der Waals surface area (Å²) >= 11 is 0. The Kier molecular flexibility index (Phi) is 4.32. The molecule has 0 radical (unpaired) electrons. The van der Waals surface area contributed by atoms with Crippen LogP contribution in [0.15, 0.2) is 0 Å². The Morgan fingerprint density at radius 2 is 2.05 bits per heavy atom. The number of nitrogens with zero attached hydrogens (tertiary/aromatic N) is 1. The first-order valence-electron chi connectivity index (χ1n) is 8.35. The number of fused-ring (bicyclic) bond motifs is 1. The third-order valence-electron chi connectivity index (χ3n) is 5.29. The lowest BCUT2D eigenvalue weighted by Gasteiger charge is -2.40. The van der Waals surface area contributed by atoms with Gasteiger partial charge in [-0.3, -0.25) is 4.79 Å². The first-order valence-corrected chi connectivity index (χ1v) is 8.35. The molecule has 1 amide bonds. The Balaban J connectivity index is 1.63. The van der Waals surface area contributed by atoms with Crippen molar-refractivity contribution in [3.63, 3.8) is 0 Å². The average Bonchev–Trinajstić information content (AvgIpc) is 2.90. The van der Waals surface area contributed by atoms with E-state index in [1.807, 2.05) is 4.90 Å². The molecule has 0 aromatic heterocycles. The van der Waals surface area contributed by atoms with Crippen molar-refractivity contribution in [3.8, 4) is 0 Å². The van der Waals surface area contributed by atoms with Gasteiger partial charge in [0, 0.05) is 31.2 Å². The molecule has 0 aromatic rings. The summed E-state index contributed by atoms with van der Waals surface area (Å²) in [6.07, 6.45) is 7.37. The van der Waals surface area contributed by atoms with Crippen LogP contribution in [0.2, 0.25) is 0 Å². The standard InChI is InChI=1S/C16H28N2O2/c1-11(2)18-9-4-6-14(16(18)19)17-13-5-3-7-15-12(13)8-10-20-15/h11-15,17H,3-10H2,1-2H3/t12-,13+,14-,15-/m0/s1. The summed E-state index contributed by atoms with van der Waals surface area (Å²) in [5.41, 5.74) is 0. The fourth-order valence-electron chi connectivity index (χ4n) is 4.21. The van der Waals surface area contributed by atoms with Gasteiger partial charge >= 0.3 is 0 Å². The minimum atomic E-state index is 0.0375. The van der Waals surface area contributed by atoms with E-state index in [1.165, 1.54) is 19.3 Å². The predicted octanol–water partition coefficient (Wildman–Crippen LogP) is 1.93. The van der Waals surface area contributed by atoms with Gasteiger partial charge in [-0.05, 0) is 52.4 Å². The highest BCUT2D eigenvalue weighted by atomic mass is 16.5. The molecule has 0 bridgehead atoms. The highest BCUT2D eigenvalue weighted by Gasteiger charge is 2.40. The van der Waals surface area contributed by atoms with Crippen molar-refractivity contribution in [2.24, 2.45) is 5.92 Å². The third kappa shape index (κ3) is 2.73. The van der Waals surface area contributed by atoms with Gasteiger partial charge in [-0.25, -0.2) is 0 Å². The van der Waals surface area contributed by atoms with Crippen molar-refractivity contribution < 1.29 is 9.53 Å². The van der Waals surface area contributed by atoms with Gasteiger partial charge in [-0.1, -0.05) is 0 Å². The zero-order chi connectivity index (χ0) is 14.1.